The number of hydrogen-bond acceptors (Lipinski definition) is 3. The second-order valence-electron chi connectivity index (χ2n) is 6.41. The largest absolute Gasteiger partial charge is 0.416 e. The van der Waals surface area contributed by atoms with Gasteiger partial charge in [0.2, 0.25) is 5.43 Å². The molecule has 0 unspecified atom stereocenters. The van der Waals surface area contributed by atoms with Crippen LogP contribution < -0.4 is 10.7 Å². The first-order valence-electron chi connectivity index (χ1n) is 8.35. The standard InChI is InChI=1S/C18H18F3N3O2/c1-11-9-15(25)16(17(26)22-13-6-2-3-7-13)23-24(11)14-8-4-5-12(10-14)18(19,20)21/h4-5,8-10,13H,2-3,6-7H2,1H3,(H,22,26). The third-order valence-electron chi connectivity index (χ3n) is 4.43. The van der Waals surface area contributed by atoms with Crippen molar-refractivity contribution < 1.29 is 18.0 Å². The fraction of sp³-hybridized carbons (Fsp3) is 0.389. The maximum atomic E-state index is 12.9. The summed E-state index contributed by atoms with van der Waals surface area (Å²) in [7, 11) is 0. The Bertz CT molecular complexity index is 884. The summed E-state index contributed by atoms with van der Waals surface area (Å²) in [5, 5.41) is 6.81. The van der Waals surface area contributed by atoms with Gasteiger partial charge in [0, 0.05) is 17.8 Å². The molecule has 1 fully saturated rings. The van der Waals surface area contributed by atoms with Crippen molar-refractivity contribution in [3.8, 4) is 5.69 Å². The second kappa shape index (κ2) is 6.93. The van der Waals surface area contributed by atoms with Gasteiger partial charge in [0.05, 0.1) is 11.3 Å². The number of rotatable bonds is 3. The number of carbonyl (C=O) groups excluding carboxylic acids is 1. The maximum absolute atomic E-state index is 12.9. The van der Waals surface area contributed by atoms with Crippen LogP contribution in [0.2, 0.25) is 0 Å². The van der Waals surface area contributed by atoms with Crippen molar-refractivity contribution in [1.29, 1.82) is 0 Å². The highest BCUT2D eigenvalue weighted by atomic mass is 19.4. The highest BCUT2D eigenvalue weighted by Crippen LogP contribution is 2.30. The molecule has 0 bridgehead atoms. The Morgan fingerprint density at radius 3 is 2.58 bits per heavy atom. The lowest BCUT2D eigenvalue weighted by Gasteiger charge is -2.15. The number of nitrogens with zero attached hydrogens (tertiary/aromatic N) is 2. The smallest absolute Gasteiger partial charge is 0.348 e. The molecule has 1 N–H and O–H groups in total. The van der Waals surface area contributed by atoms with Gasteiger partial charge >= 0.3 is 6.18 Å². The third-order valence-corrected chi connectivity index (χ3v) is 4.43. The van der Waals surface area contributed by atoms with Crippen LogP contribution in [-0.4, -0.2) is 21.7 Å². The molecule has 1 aromatic carbocycles. The van der Waals surface area contributed by atoms with Crippen LogP contribution in [0.1, 0.15) is 47.4 Å². The minimum Gasteiger partial charge on any atom is -0.348 e. The maximum Gasteiger partial charge on any atom is 0.416 e. The summed E-state index contributed by atoms with van der Waals surface area (Å²) in [5.41, 5.74) is -1.23. The van der Waals surface area contributed by atoms with Crippen LogP contribution >= 0.6 is 0 Å². The molecular weight excluding hydrogens is 347 g/mol. The Labute approximate surface area is 147 Å². The Hall–Kier alpha value is -2.64. The molecule has 1 aliphatic carbocycles. The summed E-state index contributed by atoms with van der Waals surface area (Å²) in [4.78, 5) is 24.5. The van der Waals surface area contributed by atoms with Gasteiger partial charge in [0.15, 0.2) is 5.69 Å². The molecule has 5 nitrogen and oxygen atoms in total. The molecule has 0 aliphatic heterocycles. The van der Waals surface area contributed by atoms with E-state index in [9.17, 15) is 22.8 Å². The molecule has 3 rings (SSSR count). The number of alkyl halides is 3. The third kappa shape index (κ3) is 3.79. The van der Waals surface area contributed by atoms with Crippen LogP contribution in [0.25, 0.3) is 5.69 Å². The quantitative estimate of drug-likeness (QED) is 0.908. The number of benzene rings is 1. The van der Waals surface area contributed by atoms with E-state index in [-0.39, 0.29) is 17.4 Å². The fourth-order valence-corrected chi connectivity index (χ4v) is 3.10. The van der Waals surface area contributed by atoms with Crippen molar-refractivity contribution in [3.05, 3.63) is 57.5 Å². The normalized spacial score (nSPS) is 15.2. The Kier molecular flexibility index (Phi) is 4.84. The van der Waals surface area contributed by atoms with Crippen molar-refractivity contribution in [1.82, 2.24) is 15.1 Å². The van der Waals surface area contributed by atoms with Crippen LogP contribution in [0.4, 0.5) is 13.2 Å². The molecule has 0 saturated heterocycles. The average Bonchev–Trinajstić information content (AvgIpc) is 3.07. The number of halogens is 3. The number of aromatic nitrogens is 2. The number of carbonyl (C=O) groups is 1. The zero-order valence-electron chi connectivity index (χ0n) is 14.1. The fourth-order valence-electron chi connectivity index (χ4n) is 3.10. The molecular formula is C18H18F3N3O2. The van der Waals surface area contributed by atoms with E-state index < -0.39 is 23.1 Å². The molecule has 0 spiro atoms. The first kappa shape index (κ1) is 18.2. The minimum absolute atomic E-state index is 0.00649. The first-order chi connectivity index (χ1) is 12.3. The van der Waals surface area contributed by atoms with Gasteiger partial charge in [-0.1, -0.05) is 18.9 Å². The van der Waals surface area contributed by atoms with E-state index in [4.69, 9.17) is 0 Å². The summed E-state index contributed by atoms with van der Waals surface area (Å²) in [6.07, 6.45) is -0.772. The zero-order chi connectivity index (χ0) is 18.9. The zero-order valence-corrected chi connectivity index (χ0v) is 14.1. The highest BCUT2D eigenvalue weighted by molar-refractivity contribution is 5.92. The van der Waals surface area contributed by atoms with Crippen molar-refractivity contribution in [2.45, 2.75) is 44.8 Å². The minimum atomic E-state index is -4.49. The van der Waals surface area contributed by atoms with Gasteiger partial charge in [-0.15, -0.1) is 0 Å². The Morgan fingerprint density at radius 2 is 1.92 bits per heavy atom. The monoisotopic (exact) mass is 365 g/mol. The van der Waals surface area contributed by atoms with Crippen LogP contribution in [0.3, 0.4) is 0 Å². The van der Waals surface area contributed by atoms with E-state index in [1.165, 1.54) is 22.9 Å². The van der Waals surface area contributed by atoms with E-state index in [1.807, 2.05) is 0 Å². The first-order valence-corrected chi connectivity index (χ1v) is 8.35. The van der Waals surface area contributed by atoms with Crippen LogP contribution in [0, 0.1) is 6.92 Å². The van der Waals surface area contributed by atoms with Crippen LogP contribution in [0.15, 0.2) is 35.1 Å². The average molecular weight is 365 g/mol. The van der Waals surface area contributed by atoms with Gasteiger partial charge in [0.1, 0.15) is 0 Å². The predicted molar refractivity (Wildman–Crippen MR) is 89.3 cm³/mol. The molecule has 1 saturated carbocycles. The lowest BCUT2D eigenvalue weighted by Crippen LogP contribution is -2.37. The number of amides is 1. The SMILES string of the molecule is Cc1cc(=O)c(C(=O)NC2CCCC2)nn1-c1cccc(C(F)(F)F)c1. The predicted octanol–water partition coefficient (Wildman–Crippen LogP) is 3.23. The van der Waals surface area contributed by atoms with E-state index >= 15 is 0 Å². The topological polar surface area (TPSA) is 64.0 Å². The van der Waals surface area contributed by atoms with E-state index in [0.29, 0.717) is 5.69 Å². The summed E-state index contributed by atoms with van der Waals surface area (Å²) in [5.74, 6) is -0.595. The van der Waals surface area contributed by atoms with Gasteiger partial charge in [-0.3, -0.25) is 9.59 Å². The molecule has 1 heterocycles. The van der Waals surface area contributed by atoms with Gasteiger partial charge in [0.25, 0.3) is 5.91 Å². The molecule has 2 aromatic rings. The number of nitrogens with one attached hydrogen (secondary N) is 1. The van der Waals surface area contributed by atoms with Gasteiger partial charge in [-0.05, 0) is 38.0 Å². The highest BCUT2D eigenvalue weighted by Gasteiger charge is 2.30. The lowest BCUT2D eigenvalue weighted by molar-refractivity contribution is -0.137. The molecule has 1 aliphatic rings. The van der Waals surface area contributed by atoms with Gasteiger partial charge in [-0.2, -0.15) is 18.3 Å². The number of aryl methyl sites for hydroxylation is 1. The second-order valence-corrected chi connectivity index (χ2v) is 6.41. The van der Waals surface area contributed by atoms with Crippen LogP contribution in [0.5, 0.6) is 0 Å². The molecule has 138 valence electrons. The van der Waals surface area contributed by atoms with Crippen molar-refractivity contribution in [3.63, 3.8) is 0 Å². The molecule has 8 heteroatoms. The molecule has 1 aromatic heterocycles. The molecule has 0 atom stereocenters. The molecule has 26 heavy (non-hydrogen) atoms. The van der Waals surface area contributed by atoms with Crippen molar-refractivity contribution in [2.75, 3.05) is 0 Å². The summed E-state index contributed by atoms with van der Waals surface area (Å²) in [6, 6.07) is 5.80. The molecule has 1 amide bonds. The Morgan fingerprint density at radius 1 is 1.23 bits per heavy atom. The van der Waals surface area contributed by atoms with E-state index in [2.05, 4.69) is 10.4 Å². The van der Waals surface area contributed by atoms with E-state index in [0.717, 1.165) is 37.8 Å². The summed E-state index contributed by atoms with van der Waals surface area (Å²) in [6.45, 7) is 1.55. The van der Waals surface area contributed by atoms with Crippen molar-refractivity contribution in [2.24, 2.45) is 0 Å². The van der Waals surface area contributed by atoms with Crippen molar-refractivity contribution >= 4 is 5.91 Å². The van der Waals surface area contributed by atoms with Crippen LogP contribution in [-0.2, 0) is 6.18 Å². The molecule has 0 radical (unpaired) electrons. The number of hydrogen-bond donors (Lipinski definition) is 1. The Balaban J connectivity index is 1.98. The summed E-state index contributed by atoms with van der Waals surface area (Å²) >= 11 is 0. The summed E-state index contributed by atoms with van der Waals surface area (Å²) < 4.78 is 40.0. The van der Waals surface area contributed by atoms with Gasteiger partial charge < -0.3 is 5.32 Å². The lowest BCUT2D eigenvalue weighted by atomic mass is 10.2. The van der Waals surface area contributed by atoms with E-state index in [1.54, 1.807) is 6.92 Å². The van der Waals surface area contributed by atoms with Gasteiger partial charge in [-0.25, -0.2) is 4.68 Å².